The van der Waals surface area contributed by atoms with Gasteiger partial charge in [-0.05, 0) is 36.6 Å². The van der Waals surface area contributed by atoms with Crippen LogP contribution >= 0.6 is 0 Å². The van der Waals surface area contributed by atoms with Gasteiger partial charge in [-0.2, -0.15) is 0 Å². The molecule has 1 unspecified atom stereocenters. The number of benzene rings is 1. The molecule has 0 bridgehead atoms. The standard InChI is InChI=1S/C13H18FNO/c1-8(2)12(15)7-13(16)10-4-5-11(14)9(3)6-10/h4-6,8,12H,7,15H2,1-3H3. The zero-order valence-corrected chi connectivity index (χ0v) is 9.96. The largest absolute Gasteiger partial charge is 0.327 e. The quantitative estimate of drug-likeness (QED) is 0.797. The lowest BCUT2D eigenvalue weighted by Gasteiger charge is -2.14. The van der Waals surface area contributed by atoms with Gasteiger partial charge >= 0.3 is 0 Å². The molecule has 1 aromatic carbocycles. The van der Waals surface area contributed by atoms with Gasteiger partial charge in [0.1, 0.15) is 5.82 Å². The Labute approximate surface area is 95.7 Å². The molecule has 0 fully saturated rings. The van der Waals surface area contributed by atoms with Gasteiger partial charge in [-0.15, -0.1) is 0 Å². The Morgan fingerprint density at radius 2 is 2.06 bits per heavy atom. The molecule has 3 heteroatoms. The molecule has 0 aliphatic rings. The predicted octanol–water partition coefficient (Wildman–Crippen LogP) is 2.69. The van der Waals surface area contributed by atoms with Gasteiger partial charge in [0, 0.05) is 18.0 Å². The minimum atomic E-state index is -0.287. The number of Topliss-reactive ketones (excluding diaryl/α,β-unsaturated/α-hetero) is 1. The second-order valence-corrected chi connectivity index (χ2v) is 4.50. The molecule has 88 valence electrons. The highest BCUT2D eigenvalue weighted by molar-refractivity contribution is 5.96. The lowest BCUT2D eigenvalue weighted by atomic mass is 9.96. The summed E-state index contributed by atoms with van der Waals surface area (Å²) in [6, 6.07) is 4.27. The molecule has 0 aromatic heterocycles. The van der Waals surface area contributed by atoms with E-state index in [1.54, 1.807) is 13.0 Å². The Kier molecular flexibility index (Phi) is 4.19. The number of halogens is 1. The second-order valence-electron chi connectivity index (χ2n) is 4.50. The molecule has 0 spiro atoms. The van der Waals surface area contributed by atoms with Crippen LogP contribution in [0.4, 0.5) is 4.39 Å². The van der Waals surface area contributed by atoms with Crippen molar-refractivity contribution in [3.8, 4) is 0 Å². The first kappa shape index (κ1) is 12.8. The van der Waals surface area contributed by atoms with Crippen LogP contribution < -0.4 is 5.73 Å². The van der Waals surface area contributed by atoms with E-state index in [9.17, 15) is 9.18 Å². The number of aryl methyl sites for hydroxylation is 1. The number of hydrogen-bond acceptors (Lipinski definition) is 2. The summed E-state index contributed by atoms with van der Waals surface area (Å²) in [5.41, 5.74) is 6.85. The molecule has 0 saturated carbocycles. The molecule has 0 amide bonds. The normalized spacial score (nSPS) is 12.9. The van der Waals surface area contributed by atoms with Crippen molar-refractivity contribution in [2.24, 2.45) is 11.7 Å². The van der Waals surface area contributed by atoms with Crippen LogP contribution in [-0.2, 0) is 0 Å². The van der Waals surface area contributed by atoms with E-state index < -0.39 is 0 Å². The van der Waals surface area contributed by atoms with Crippen molar-refractivity contribution in [3.05, 3.63) is 35.1 Å². The maximum Gasteiger partial charge on any atom is 0.164 e. The van der Waals surface area contributed by atoms with Crippen LogP contribution in [0.15, 0.2) is 18.2 Å². The Hall–Kier alpha value is -1.22. The molecule has 0 aliphatic carbocycles. The number of ketones is 1. The molecule has 1 aromatic rings. The minimum absolute atomic E-state index is 0.0238. The maximum absolute atomic E-state index is 13.0. The molecular formula is C13H18FNO. The zero-order valence-electron chi connectivity index (χ0n) is 9.96. The van der Waals surface area contributed by atoms with E-state index in [4.69, 9.17) is 5.73 Å². The van der Waals surface area contributed by atoms with Crippen molar-refractivity contribution in [2.75, 3.05) is 0 Å². The van der Waals surface area contributed by atoms with Crippen LogP contribution in [0.5, 0.6) is 0 Å². The number of rotatable bonds is 4. The number of nitrogens with two attached hydrogens (primary N) is 1. The van der Waals surface area contributed by atoms with Gasteiger partial charge in [0.05, 0.1) is 0 Å². The fourth-order valence-electron chi connectivity index (χ4n) is 1.39. The van der Waals surface area contributed by atoms with Gasteiger partial charge in [-0.1, -0.05) is 13.8 Å². The third-order valence-corrected chi connectivity index (χ3v) is 2.76. The first-order chi connectivity index (χ1) is 7.41. The summed E-state index contributed by atoms with van der Waals surface area (Å²) in [5, 5.41) is 0. The van der Waals surface area contributed by atoms with E-state index in [-0.39, 0.29) is 23.6 Å². The van der Waals surface area contributed by atoms with Gasteiger partial charge in [-0.25, -0.2) is 4.39 Å². The van der Waals surface area contributed by atoms with Crippen LogP contribution in [-0.4, -0.2) is 11.8 Å². The SMILES string of the molecule is Cc1cc(C(=O)CC(N)C(C)C)ccc1F. The van der Waals surface area contributed by atoms with Crippen molar-refractivity contribution in [3.63, 3.8) is 0 Å². The molecule has 1 atom stereocenters. The summed E-state index contributed by atoms with van der Waals surface area (Å²) < 4.78 is 13.0. The van der Waals surface area contributed by atoms with E-state index in [0.29, 0.717) is 17.5 Å². The van der Waals surface area contributed by atoms with Crippen molar-refractivity contribution >= 4 is 5.78 Å². The molecule has 0 heterocycles. The number of carbonyl (C=O) groups excluding carboxylic acids is 1. The van der Waals surface area contributed by atoms with Crippen molar-refractivity contribution in [1.29, 1.82) is 0 Å². The Balaban J connectivity index is 2.77. The molecule has 0 aliphatic heterocycles. The lowest BCUT2D eigenvalue weighted by Crippen LogP contribution is -2.29. The van der Waals surface area contributed by atoms with Crippen LogP contribution in [0.2, 0.25) is 0 Å². The van der Waals surface area contributed by atoms with Crippen molar-refractivity contribution in [2.45, 2.75) is 33.2 Å². The van der Waals surface area contributed by atoms with Gasteiger partial charge in [-0.3, -0.25) is 4.79 Å². The van der Waals surface area contributed by atoms with Crippen LogP contribution in [0.3, 0.4) is 0 Å². The minimum Gasteiger partial charge on any atom is -0.327 e. The average Bonchev–Trinajstić information content (AvgIpc) is 2.21. The molecule has 16 heavy (non-hydrogen) atoms. The molecule has 1 rings (SSSR count). The topological polar surface area (TPSA) is 43.1 Å². The molecule has 2 N–H and O–H groups in total. The van der Waals surface area contributed by atoms with Crippen LogP contribution in [0.25, 0.3) is 0 Å². The highest BCUT2D eigenvalue weighted by Gasteiger charge is 2.15. The zero-order chi connectivity index (χ0) is 12.3. The molecule has 0 radical (unpaired) electrons. The number of carbonyl (C=O) groups is 1. The van der Waals surface area contributed by atoms with Crippen molar-refractivity contribution < 1.29 is 9.18 Å². The highest BCUT2D eigenvalue weighted by Crippen LogP contribution is 2.13. The molecule has 0 saturated heterocycles. The number of hydrogen-bond donors (Lipinski definition) is 1. The summed E-state index contributed by atoms with van der Waals surface area (Å²) in [6.45, 7) is 5.61. The summed E-state index contributed by atoms with van der Waals surface area (Å²) in [5.74, 6) is -0.0421. The van der Waals surface area contributed by atoms with Crippen LogP contribution in [0, 0.1) is 18.7 Å². The van der Waals surface area contributed by atoms with Gasteiger partial charge < -0.3 is 5.73 Å². The van der Waals surface area contributed by atoms with Gasteiger partial charge in [0.25, 0.3) is 0 Å². The third kappa shape index (κ3) is 3.14. The lowest BCUT2D eigenvalue weighted by molar-refractivity contribution is 0.0967. The van der Waals surface area contributed by atoms with E-state index in [1.165, 1.54) is 12.1 Å². The summed E-state index contributed by atoms with van der Waals surface area (Å²) in [4.78, 5) is 11.8. The first-order valence-electron chi connectivity index (χ1n) is 5.46. The summed E-state index contributed by atoms with van der Waals surface area (Å²) >= 11 is 0. The third-order valence-electron chi connectivity index (χ3n) is 2.76. The summed E-state index contributed by atoms with van der Waals surface area (Å²) in [6.07, 6.45) is 0.308. The Bertz CT molecular complexity index is 388. The fraction of sp³-hybridized carbons (Fsp3) is 0.462. The van der Waals surface area contributed by atoms with Crippen molar-refractivity contribution in [1.82, 2.24) is 0 Å². The smallest absolute Gasteiger partial charge is 0.164 e. The first-order valence-corrected chi connectivity index (χ1v) is 5.46. The second kappa shape index (κ2) is 5.21. The molecule has 2 nitrogen and oxygen atoms in total. The van der Waals surface area contributed by atoms with E-state index in [0.717, 1.165) is 0 Å². The monoisotopic (exact) mass is 223 g/mol. The van der Waals surface area contributed by atoms with E-state index in [1.807, 2.05) is 13.8 Å². The van der Waals surface area contributed by atoms with Crippen LogP contribution in [0.1, 0.15) is 36.2 Å². The fourth-order valence-corrected chi connectivity index (χ4v) is 1.39. The predicted molar refractivity (Wildman–Crippen MR) is 62.9 cm³/mol. The summed E-state index contributed by atoms with van der Waals surface area (Å²) in [7, 11) is 0. The van der Waals surface area contributed by atoms with Gasteiger partial charge in [0.2, 0.25) is 0 Å². The maximum atomic E-state index is 13.0. The highest BCUT2D eigenvalue weighted by atomic mass is 19.1. The molecular weight excluding hydrogens is 205 g/mol. The average molecular weight is 223 g/mol. The Morgan fingerprint density at radius 1 is 1.44 bits per heavy atom. The van der Waals surface area contributed by atoms with E-state index >= 15 is 0 Å². The van der Waals surface area contributed by atoms with Gasteiger partial charge in [0.15, 0.2) is 5.78 Å². The Morgan fingerprint density at radius 3 is 2.56 bits per heavy atom. The van der Waals surface area contributed by atoms with E-state index in [2.05, 4.69) is 0 Å².